The fourth-order valence-electron chi connectivity index (χ4n) is 3.36. The van der Waals surface area contributed by atoms with Gasteiger partial charge in [0.25, 0.3) is 0 Å². The number of carbonyl (C=O) groups is 2. The monoisotopic (exact) mass is 431 g/mol. The van der Waals surface area contributed by atoms with Crippen molar-refractivity contribution < 1.29 is 38.5 Å². The van der Waals surface area contributed by atoms with Crippen LogP contribution in [0.4, 0.5) is 0 Å². The molecule has 1 aromatic rings. The Hall–Kier alpha value is -2.37. The molecule has 12 heteroatoms. The van der Waals surface area contributed by atoms with E-state index in [1.807, 2.05) is 0 Å². The summed E-state index contributed by atoms with van der Waals surface area (Å²) < 4.78 is 23.7. The number of carboxylic acid groups (broad SMARTS) is 1. The molecule has 0 aromatic heterocycles. The van der Waals surface area contributed by atoms with E-state index in [2.05, 4.69) is 5.16 Å². The second-order valence-electron chi connectivity index (χ2n) is 6.54. The Kier molecular flexibility index (Phi) is 5.50. The number of aromatic hydroxyl groups is 2. The molecule has 1 aromatic carbocycles. The van der Waals surface area contributed by atoms with Crippen LogP contribution in [0.15, 0.2) is 17.3 Å². The van der Waals surface area contributed by atoms with Crippen LogP contribution in [0.3, 0.4) is 0 Å². The zero-order chi connectivity index (χ0) is 20.7. The molecule has 5 atom stereocenters. The van der Waals surface area contributed by atoms with Gasteiger partial charge in [-0.05, 0) is 30.1 Å². The number of rotatable bonds is 6. The van der Waals surface area contributed by atoms with Crippen LogP contribution >= 0.6 is 11.6 Å². The number of hydrogen-bond donors (Lipinski definition) is 3. The van der Waals surface area contributed by atoms with Gasteiger partial charge in [0.1, 0.15) is 6.04 Å². The number of amides is 1. The number of carboxylic acids is 1. The number of nitrogens with zero attached hydrogens (tertiary/aromatic N) is 2. The zero-order valence-electron chi connectivity index (χ0n) is 14.4. The van der Waals surface area contributed by atoms with Crippen LogP contribution < -0.4 is 0 Å². The topological polar surface area (TPSA) is 160 Å². The summed E-state index contributed by atoms with van der Waals surface area (Å²) in [5.74, 6) is -2.94. The van der Waals surface area contributed by atoms with Gasteiger partial charge in [-0.3, -0.25) is 9.00 Å². The molecule has 1 saturated heterocycles. The predicted molar refractivity (Wildman–Crippen MR) is 95.7 cm³/mol. The smallest absolute Gasteiger partial charge is 0.328 e. The number of phenolic OH excluding ortho intramolecular Hbond substituents is 2. The molecule has 0 aliphatic carbocycles. The molecule has 3 rings (SSSR count). The number of phenols is 2. The molecule has 0 bridgehead atoms. The van der Waals surface area contributed by atoms with Crippen molar-refractivity contribution in [2.24, 2.45) is 5.16 Å². The number of likely N-dealkylation sites (tertiary alicyclic amines) is 1. The van der Waals surface area contributed by atoms with E-state index < -0.39 is 57.9 Å². The van der Waals surface area contributed by atoms with E-state index >= 15 is 0 Å². The second kappa shape index (κ2) is 7.57. The standard InChI is InChI=1S/C16H17ClN2O8S/c1-6-4-11(21)19(6)13(16(23)24)15(28(25)26)8-5-10(27-18-8)7-2-3-9(20)14(22)12(7)17/h2-3,6,10,13,15,20,22H,4-5H2,1H3,(H,23,24)(H,25,26)/p-1/t6-,10?,13-,15+/m1/s1. The molecule has 152 valence electrons. The first kappa shape index (κ1) is 20.4. The number of carbonyl (C=O) groups excluding carboxylic acids is 1. The summed E-state index contributed by atoms with van der Waals surface area (Å²) >= 11 is 3.09. The first-order valence-electron chi connectivity index (χ1n) is 8.18. The Morgan fingerprint density at radius 3 is 2.64 bits per heavy atom. The van der Waals surface area contributed by atoms with Crippen LogP contribution in [0.5, 0.6) is 11.5 Å². The van der Waals surface area contributed by atoms with Crippen LogP contribution in [0.2, 0.25) is 5.02 Å². The van der Waals surface area contributed by atoms with Crippen molar-refractivity contribution >= 4 is 40.3 Å². The third-order valence-electron chi connectivity index (χ3n) is 4.77. The van der Waals surface area contributed by atoms with Crippen LogP contribution in [0.1, 0.15) is 31.4 Å². The third-order valence-corrected chi connectivity index (χ3v) is 6.11. The number of benzene rings is 1. The largest absolute Gasteiger partial charge is 0.772 e. The highest BCUT2D eigenvalue weighted by molar-refractivity contribution is 7.80. The first-order chi connectivity index (χ1) is 13.1. The molecule has 0 spiro atoms. The summed E-state index contributed by atoms with van der Waals surface area (Å²) in [7, 11) is 0. The SMILES string of the molecule is C[C@@H]1CC(=O)N1[C@@H](C(=O)O)[C@H](C1=NOC(c2ccc(O)c(O)c2Cl)C1)S(=O)[O-]. The van der Waals surface area contributed by atoms with E-state index in [0.29, 0.717) is 0 Å². The number of oxime groups is 1. The Morgan fingerprint density at radius 2 is 2.11 bits per heavy atom. The first-order valence-corrected chi connectivity index (χ1v) is 9.70. The molecule has 2 aliphatic heterocycles. The fourth-order valence-corrected chi connectivity index (χ4v) is 4.46. The Balaban J connectivity index is 1.88. The van der Waals surface area contributed by atoms with Crippen molar-refractivity contribution in [3.63, 3.8) is 0 Å². The average Bonchev–Trinajstić information content (AvgIpc) is 3.08. The van der Waals surface area contributed by atoms with Crippen molar-refractivity contribution in [2.75, 3.05) is 0 Å². The highest BCUT2D eigenvalue weighted by atomic mass is 35.5. The molecule has 2 aliphatic rings. The van der Waals surface area contributed by atoms with Gasteiger partial charge in [0.05, 0.1) is 16.0 Å². The Morgan fingerprint density at radius 1 is 1.43 bits per heavy atom. The van der Waals surface area contributed by atoms with E-state index in [9.17, 15) is 33.7 Å². The quantitative estimate of drug-likeness (QED) is 0.340. The molecular weight excluding hydrogens is 416 g/mol. The van der Waals surface area contributed by atoms with Crippen LogP contribution in [0.25, 0.3) is 0 Å². The fraction of sp³-hybridized carbons (Fsp3) is 0.438. The van der Waals surface area contributed by atoms with E-state index in [-0.39, 0.29) is 29.1 Å². The van der Waals surface area contributed by atoms with E-state index in [1.54, 1.807) is 6.92 Å². The molecule has 2 unspecified atom stereocenters. The van der Waals surface area contributed by atoms with Gasteiger partial charge in [-0.25, -0.2) is 4.79 Å². The highest BCUT2D eigenvalue weighted by Crippen LogP contribution is 2.42. The number of halogens is 1. The lowest BCUT2D eigenvalue weighted by atomic mass is 9.94. The average molecular weight is 432 g/mol. The number of hydrogen-bond acceptors (Lipinski definition) is 8. The van der Waals surface area contributed by atoms with E-state index in [0.717, 1.165) is 4.90 Å². The van der Waals surface area contributed by atoms with E-state index in [4.69, 9.17) is 16.4 Å². The van der Waals surface area contributed by atoms with Gasteiger partial charge < -0.3 is 29.6 Å². The molecule has 1 fully saturated rings. The highest BCUT2D eigenvalue weighted by Gasteiger charge is 2.48. The summed E-state index contributed by atoms with van der Waals surface area (Å²) in [6.07, 6.45) is -0.877. The molecule has 1 amide bonds. The molecule has 2 heterocycles. The van der Waals surface area contributed by atoms with Gasteiger partial charge in [-0.1, -0.05) is 16.8 Å². The van der Waals surface area contributed by atoms with Crippen molar-refractivity contribution in [1.29, 1.82) is 0 Å². The summed E-state index contributed by atoms with van der Waals surface area (Å²) in [4.78, 5) is 29.8. The van der Waals surface area contributed by atoms with Gasteiger partial charge in [0.15, 0.2) is 17.6 Å². The van der Waals surface area contributed by atoms with Crippen molar-refractivity contribution in [3.05, 3.63) is 22.7 Å². The minimum atomic E-state index is -2.90. The molecule has 0 radical (unpaired) electrons. The second-order valence-corrected chi connectivity index (χ2v) is 7.94. The van der Waals surface area contributed by atoms with Gasteiger partial charge in [-0.2, -0.15) is 0 Å². The predicted octanol–water partition coefficient (Wildman–Crippen LogP) is 0.890. The van der Waals surface area contributed by atoms with Crippen molar-refractivity contribution in [3.8, 4) is 11.5 Å². The minimum absolute atomic E-state index is 0.0822. The normalized spacial score (nSPS) is 24.8. The summed E-state index contributed by atoms with van der Waals surface area (Å²) in [6.45, 7) is 1.62. The minimum Gasteiger partial charge on any atom is -0.772 e. The molecule has 28 heavy (non-hydrogen) atoms. The van der Waals surface area contributed by atoms with Crippen LogP contribution in [-0.2, 0) is 25.5 Å². The maximum atomic E-state index is 11.9. The molecule has 3 N–H and O–H groups in total. The van der Waals surface area contributed by atoms with Gasteiger partial charge >= 0.3 is 5.97 Å². The van der Waals surface area contributed by atoms with Gasteiger partial charge in [-0.15, -0.1) is 0 Å². The number of β-lactam (4-membered cyclic amide) rings is 1. The van der Waals surface area contributed by atoms with Gasteiger partial charge in [0.2, 0.25) is 5.91 Å². The Bertz CT molecular complexity index is 892. The maximum Gasteiger partial charge on any atom is 0.328 e. The van der Waals surface area contributed by atoms with Crippen molar-refractivity contribution in [1.82, 2.24) is 4.90 Å². The molecular formula is C16H16ClN2O8S-. The Labute approximate surface area is 166 Å². The summed E-state index contributed by atoms with van der Waals surface area (Å²) in [6, 6.07) is 0.502. The van der Waals surface area contributed by atoms with Crippen LogP contribution in [0, 0.1) is 0 Å². The molecule has 0 saturated carbocycles. The summed E-state index contributed by atoms with van der Waals surface area (Å²) in [5.41, 5.74) is 0.160. The van der Waals surface area contributed by atoms with Crippen LogP contribution in [-0.4, -0.2) is 63.9 Å². The van der Waals surface area contributed by atoms with Crippen molar-refractivity contribution in [2.45, 2.75) is 43.2 Å². The lowest BCUT2D eigenvalue weighted by molar-refractivity contribution is -0.160. The lowest BCUT2D eigenvalue weighted by Gasteiger charge is -2.45. The molecule has 10 nitrogen and oxygen atoms in total. The van der Waals surface area contributed by atoms with E-state index in [1.165, 1.54) is 12.1 Å². The third kappa shape index (κ3) is 3.40. The summed E-state index contributed by atoms with van der Waals surface area (Å²) in [5, 5.41) is 30.7. The number of aliphatic carboxylic acids is 1. The lowest BCUT2D eigenvalue weighted by Crippen LogP contribution is -2.64. The zero-order valence-corrected chi connectivity index (χ0v) is 16.0. The van der Waals surface area contributed by atoms with Gasteiger partial charge in [0, 0.05) is 24.4 Å². The maximum absolute atomic E-state index is 11.9.